The first-order valence-electron chi connectivity index (χ1n) is 3.67. The normalized spacial score (nSPS) is 12.0. The van der Waals surface area contributed by atoms with Gasteiger partial charge in [0.2, 0.25) is 0 Å². The number of ether oxygens (including phenoxy) is 1. The molecule has 0 spiro atoms. The van der Waals surface area contributed by atoms with Crippen molar-refractivity contribution in [3.05, 3.63) is 0 Å². The Morgan fingerprint density at radius 2 is 2.00 bits per heavy atom. The Kier molecular flexibility index (Phi) is 5.10. The third-order valence-corrected chi connectivity index (χ3v) is 2.29. The topological polar surface area (TPSA) is 9.23 Å². The summed E-state index contributed by atoms with van der Waals surface area (Å²) in [4.78, 5) is 0. The summed E-state index contributed by atoms with van der Waals surface area (Å²) in [6.45, 7) is 5.20. The van der Waals surface area contributed by atoms with Gasteiger partial charge in [0.05, 0.1) is 0 Å². The van der Waals surface area contributed by atoms with E-state index >= 15 is 0 Å². The molecule has 1 nitrogen and oxygen atoms in total. The van der Waals surface area contributed by atoms with Gasteiger partial charge in [-0.3, -0.25) is 0 Å². The van der Waals surface area contributed by atoms with Crippen molar-refractivity contribution in [1.82, 2.24) is 0 Å². The first-order valence-corrected chi connectivity index (χ1v) is 4.21. The van der Waals surface area contributed by atoms with E-state index in [2.05, 4.69) is 13.8 Å². The van der Waals surface area contributed by atoms with Crippen LogP contribution in [-0.2, 0) is 4.74 Å². The molecule has 0 bridgehead atoms. The van der Waals surface area contributed by atoms with E-state index in [4.69, 9.17) is 16.3 Å². The lowest BCUT2D eigenvalue weighted by Crippen LogP contribution is -2.13. The molecule has 0 fully saturated rings. The van der Waals surface area contributed by atoms with Crippen LogP contribution in [0.25, 0.3) is 0 Å². The Morgan fingerprint density at radius 1 is 1.40 bits per heavy atom. The van der Waals surface area contributed by atoms with Crippen molar-refractivity contribution in [2.24, 2.45) is 5.41 Å². The Labute approximate surface area is 68.7 Å². The summed E-state index contributed by atoms with van der Waals surface area (Å²) >= 11 is 5.73. The van der Waals surface area contributed by atoms with Gasteiger partial charge in [-0.25, -0.2) is 0 Å². The molecule has 0 aromatic heterocycles. The lowest BCUT2D eigenvalue weighted by Gasteiger charge is -2.20. The van der Waals surface area contributed by atoms with Crippen molar-refractivity contribution >= 4 is 11.6 Å². The predicted molar refractivity (Wildman–Crippen MR) is 45.6 cm³/mol. The zero-order valence-corrected chi connectivity index (χ0v) is 7.87. The fourth-order valence-electron chi connectivity index (χ4n) is 0.762. The van der Waals surface area contributed by atoms with Crippen LogP contribution in [0, 0.1) is 5.41 Å². The molecule has 0 aliphatic carbocycles. The molecule has 0 atom stereocenters. The van der Waals surface area contributed by atoms with Crippen LogP contribution in [0.15, 0.2) is 0 Å². The second-order valence-corrected chi connectivity index (χ2v) is 3.66. The van der Waals surface area contributed by atoms with Gasteiger partial charge in [-0.15, -0.1) is 11.6 Å². The van der Waals surface area contributed by atoms with Crippen LogP contribution < -0.4 is 0 Å². The lowest BCUT2D eigenvalue weighted by atomic mass is 9.90. The fourth-order valence-corrected chi connectivity index (χ4v) is 0.896. The van der Waals surface area contributed by atoms with Gasteiger partial charge in [-0.2, -0.15) is 0 Å². The van der Waals surface area contributed by atoms with E-state index in [-0.39, 0.29) is 5.41 Å². The van der Waals surface area contributed by atoms with Crippen molar-refractivity contribution in [2.75, 3.05) is 19.6 Å². The first kappa shape index (κ1) is 10.2. The third kappa shape index (κ3) is 5.07. The van der Waals surface area contributed by atoms with Crippen molar-refractivity contribution < 1.29 is 4.74 Å². The average molecular weight is 165 g/mol. The number of rotatable bonds is 5. The second kappa shape index (κ2) is 4.97. The quantitative estimate of drug-likeness (QED) is 0.449. The zero-order valence-electron chi connectivity index (χ0n) is 7.11. The van der Waals surface area contributed by atoms with E-state index in [1.807, 2.05) is 0 Å². The van der Waals surface area contributed by atoms with E-state index in [9.17, 15) is 0 Å². The molecule has 10 heavy (non-hydrogen) atoms. The average Bonchev–Trinajstić information content (AvgIpc) is 1.89. The molecule has 0 amide bonds. The van der Waals surface area contributed by atoms with E-state index in [1.54, 1.807) is 7.11 Å². The molecule has 62 valence electrons. The molecule has 0 unspecified atom stereocenters. The van der Waals surface area contributed by atoms with Crippen LogP contribution in [0.4, 0.5) is 0 Å². The standard InChI is InChI=1S/C8H17ClO/c1-8(2,7-9)5-4-6-10-3/h4-7H2,1-3H3. The van der Waals surface area contributed by atoms with E-state index in [0.717, 1.165) is 25.3 Å². The number of alkyl halides is 1. The Balaban J connectivity index is 3.28. The van der Waals surface area contributed by atoms with Crippen LogP contribution in [0.5, 0.6) is 0 Å². The van der Waals surface area contributed by atoms with E-state index < -0.39 is 0 Å². The minimum atomic E-state index is 0.278. The fraction of sp³-hybridized carbons (Fsp3) is 1.00. The molecule has 0 aromatic carbocycles. The van der Waals surface area contributed by atoms with Gasteiger partial charge >= 0.3 is 0 Å². The monoisotopic (exact) mass is 164 g/mol. The Hall–Kier alpha value is 0.250. The molecule has 0 aliphatic rings. The highest BCUT2D eigenvalue weighted by molar-refractivity contribution is 6.18. The third-order valence-electron chi connectivity index (χ3n) is 1.56. The second-order valence-electron chi connectivity index (χ2n) is 3.39. The highest BCUT2D eigenvalue weighted by Gasteiger charge is 2.14. The molecular formula is C8H17ClO. The number of methoxy groups -OCH3 is 1. The molecule has 2 heteroatoms. The summed E-state index contributed by atoms with van der Waals surface area (Å²) in [6.07, 6.45) is 2.25. The molecule has 0 rings (SSSR count). The maximum atomic E-state index is 5.73. The molecule has 0 saturated heterocycles. The van der Waals surface area contributed by atoms with Crippen molar-refractivity contribution in [3.63, 3.8) is 0 Å². The van der Waals surface area contributed by atoms with Crippen molar-refractivity contribution in [2.45, 2.75) is 26.7 Å². The van der Waals surface area contributed by atoms with Gasteiger partial charge in [-0.1, -0.05) is 13.8 Å². The largest absolute Gasteiger partial charge is 0.385 e. The minimum absolute atomic E-state index is 0.278. The molecular weight excluding hydrogens is 148 g/mol. The predicted octanol–water partition coefficient (Wildman–Crippen LogP) is 2.68. The van der Waals surface area contributed by atoms with Crippen LogP contribution in [-0.4, -0.2) is 19.6 Å². The van der Waals surface area contributed by atoms with Crippen LogP contribution in [0.1, 0.15) is 26.7 Å². The first-order chi connectivity index (χ1) is 4.62. The van der Waals surface area contributed by atoms with Crippen molar-refractivity contribution in [1.29, 1.82) is 0 Å². The summed E-state index contributed by atoms with van der Waals surface area (Å²) < 4.78 is 4.94. The van der Waals surface area contributed by atoms with Crippen LogP contribution in [0.3, 0.4) is 0 Å². The number of hydrogen-bond acceptors (Lipinski definition) is 1. The van der Waals surface area contributed by atoms with E-state index in [0.29, 0.717) is 0 Å². The summed E-state index contributed by atoms with van der Waals surface area (Å²) in [6, 6.07) is 0. The minimum Gasteiger partial charge on any atom is -0.385 e. The van der Waals surface area contributed by atoms with Gasteiger partial charge in [0.25, 0.3) is 0 Å². The molecule has 0 heterocycles. The van der Waals surface area contributed by atoms with Gasteiger partial charge in [-0.05, 0) is 18.3 Å². The summed E-state index contributed by atoms with van der Waals surface area (Å²) in [5.74, 6) is 0.733. The number of hydrogen-bond donors (Lipinski definition) is 0. The Morgan fingerprint density at radius 3 is 2.40 bits per heavy atom. The summed E-state index contributed by atoms with van der Waals surface area (Å²) in [5, 5.41) is 0. The molecule has 0 N–H and O–H groups in total. The maximum absolute atomic E-state index is 5.73. The number of halogens is 1. The molecule has 0 aliphatic heterocycles. The van der Waals surface area contributed by atoms with Gasteiger partial charge in [0, 0.05) is 19.6 Å². The van der Waals surface area contributed by atoms with Gasteiger partial charge in [0.1, 0.15) is 0 Å². The zero-order chi connectivity index (χ0) is 8.04. The highest BCUT2D eigenvalue weighted by Crippen LogP contribution is 2.23. The summed E-state index contributed by atoms with van der Waals surface area (Å²) in [5.41, 5.74) is 0.278. The summed E-state index contributed by atoms with van der Waals surface area (Å²) in [7, 11) is 1.73. The smallest absolute Gasteiger partial charge is 0.0462 e. The molecule has 0 saturated carbocycles. The van der Waals surface area contributed by atoms with Crippen molar-refractivity contribution in [3.8, 4) is 0 Å². The highest BCUT2D eigenvalue weighted by atomic mass is 35.5. The SMILES string of the molecule is COCCCC(C)(C)CCl. The van der Waals surface area contributed by atoms with E-state index in [1.165, 1.54) is 0 Å². The maximum Gasteiger partial charge on any atom is 0.0462 e. The Bertz CT molecular complexity index is 81.3. The molecule has 0 aromatic rings. The van der Waals surface area contributed by atoms with Gasteiger partial charge < -0.3 is 4.74 Å². The van der Waals surface area contributed by atoms with Crippen LogP contribution >= 0.6 is 11.6 Å². The lowest BCUT2D eigenvalue weighted by molar-refractivity contribution is 0.179. The van der Waals surface area contributed by atoms with Gasteiger partial charge in [0.15, 0.2) is 0 Å². The molecule has 0 radical (unpaired) electrons. The van der Waals surface area contributed by atoms with Crippen LogP contribution in [0.2, 0.25) is 0 Å².